The summed E-state index contributed by atoms with van der Waals surface area (Å²) in [5, 5.41) is 8.42. The lowest BCUT2D eigenvalue weighted by Gasteiger charge is -2.04. The number of hydrogen-bond donors (Lipinski definition) is 1. The van der Waals surface area contributed by atoms with Crippen LogP contribution in [0, 0.1) is 0 Å². The third-order valence-corrected chi connectivity index (χ3v) is 2.02. The number of carboxylic acid groups (broad SMARTS) is 1. The van der Waals surface area contributed by atoms with Gasteiger partial charge in [0, 0.05) is 12.0 Å². The van der Waals surface area contributed by atoms with Crippen LogP contribution in [0.1, 0.15) is 5.56 Å². The van der Waals surface area contributed by atoms with Crippen molar-refractivity contribution < 1.29 is 19.4 Å². The van der Waals surface area contributed by atoms with Crippen molar-refractivity contribution in [3.8, 4) is 11.5 Å². The van der Waals surface area contributed by atoms with Gasteiger partial charge >= 0.3 is 5.97 Å². The van der Waals surface area contributed by atoms with E-state index in [1.165, 1.54) is 0 Å². The highest BCUT2D eigenvalue weighted by Crippen LogP contribution is 2.28. The summed E-state index contributed by atoms with van der Waals surface area (Å²) in [7, 11) is 0. The van der Waals surface area contributed by atoms with E-state index in [2.05, 4.69) is 0 Å². The summed E-state index contributed by atoms with van der Waals surface area (Å²) in [6.07, 6.45) is 0.861. The number of rotatable bonds is 3. The van der Waals surface area contributed by atoms with Crippen molar-refractivity contribution in [2.45, 2.75) is 6.42 Å². The van der Waals surface area contributed by atoms with Crippen LogP contribution in [0.3, 0.4) is 0 Å². The number of carboxylic acids is 1. The Balaban J connectivity index is 2.09. The molecule has 1 aromatic carbocycles. The number of ether oxygens (including phenoxy) is 2. The van der Waals surface area contributed by atoms with Crippen LogP contribution < -0.4 is 9.47 Å². The molecular formula is C10H10O4. The minimum atomic E-state index is -0.971. The van der Waals surface area contributed by atoms with Gasteiger partial charge in [0.25, 0.3) is 0 Å². The van der Waals surface area contributed by atoms with Gasteiger partial charge in [0.1, 0.15) is 11.5 Å². The molecule has 0 saturated heterocycles. The molecule has 1 aliphatic rings. The molecule has 0 aromatic heterocycles. The second-order valence-corrected chi connectivity index (χ2v) is 3.05. The van der Waals surface area contributed by atoms with Gasteiger partial charge in [-0.2, -0.15) is 0 Å². The molecule has 1 N–H and O–H groups in total. The molecule has 14 heavy (non-hydrogen) atoms. The first-order valence-corrected chi connectivity index (χ1v) is 4.36. The molecular weight excluding hydrogens is 184 g/mol. The Morgan fingerprint density at radius 2 is 2.43 bits per heavy atom. The molecule has 2 rings (SSSR count). The van der Waals surface area contributed by atoms with Crippen molar-refractivity contribution in [1.82, 2.24) is 0 Å². The first kappa shape index (κ1) is 8.87. The number of hydrogen-bond acceptors (Lipinski definition) is 3. The van der Waals surface area contributed by atoms with Crippen molar-refractivity contribution in [3.63, 3.8) is 0 Å². The van der Waals surface area contributed by atoms with Gasteiger partial charge in [0.05, 0.1) is 6.61 Å². The molecule has 1 heterocycles. The Hall–Kier alpha value is -1.71. The second-order valence-electron chi connectivity index (χ2n) is 3.05. The standard InChI is InChI=1S/C10H10O4/c11-10(12)6-14-8-1-2-9-7(5-8)3-4-13-9/h1-2,5H,3-4,6H2,(H,11,12). The quantitative estimate of drug-likeness (QED) is 0.782. The lowest BCUT2D eigenvalue weighted by molar-refractivity contribution is -0.139. The van der Waals surface area contributed by atoms with Gasteiger partial charge in [-0.25, -0.2) is 4.79 Å². The van der Waals surface area contributed by atoms with Crippen LogP contribution in [0.5, 0.6) is 11.5 Å². The third kappa shape index (κ3) is 1.79. The Kier molecular flexibility index (Phi) is 2.26. The number of fused-ring (bicyclic) bond motifs is 1. The monoisotopic (exact) mass is 194 g/mol. The summed E-state index contributed by atoms with van der Waals surface area (Å²) >= 11 is 0. The molecule has 0 spiro atoms. The van der Waals surface area contributed by atoms with E-state index >= 15 is 0 Å². The van der Waals surface area contributed by atoms with Crippen LogP contribution in [0.4, 0.5) is 0 Å². The van der Waals surface area contributed by atoms with Crippen molar-refractivity contribution in [3.05, 3.63) is 23.8 Å². The first-order valence-electron chi connectivity index (χ1n) is 4.36. The van der Waals surface area contributed by atoms with Crippen molar-refractivity contribution in [2.75, 3.05) is 13.2 Å². The molecule has 0 radical (unpaired) electrons. The molecule has 0 amide bonds. The number of carbonyl (C=O) groups is 1. The molecule has 0 fully saturated rings. The minimum Gasteiger partial charge on any atom is -0.493 e. The number of aliphatic carboxylic acids is 1. The number of benzene rings is 1. The summed E-state index contributed by atoms with van der Waals surface area (Å²) in [5.41, 5.74) is 1.08. The zero-order chi connectivity index (χ0) is 9.97. The maximum absolute atomic E-state index is 10.3. The zero-order valence-corrected chi connectivity index (χ0v) is 7.53. The van der Waals surface area contributed by atoms with Crippen LogP contribution in [0.2, 0.25) is 0 Å². The predicted octanol–water partition coefficient (Wildman–Crippen LogP) is 1.08. The van der Waals surface area contributed by atoms with Gasteiger partial charge in [0.2, 0.25) is 0 Å². The van der Waals surface area contributed by atoms with Gasteiger partial charge in [-0.05, 0) is 18.2 Å². The summed E-state index contributed by atoms with van der Waals surface area (Å²) in [4.78, 5) is 10.3. The van der Waals surface area contributed by atoms with Gasteiger partial charge in [0.15, 0.2) is 6.61 Å². The van der Waals surface area contributed by atoms with Crippen LogP contribution in [0.25, 0.3) is 0 Å². The topological polar surface area (TPSA) is 55.8 Å². The molecule has 4 heteroatoms. The Morgan fingerprint density at radius 3 is 3.21 bits per heavy atom. The van der Waals surface area contributed by atoms with Crippen LogP contribution >= 0.6 is 0 Å². The molecule has 0 atom stereocenters. The normalized spacial score (nSPS) is 13.1. The average molecular weight is 194 g/mol. The molecule has 0 unspecified atom stereocenters. The van der Waals surface area contributed by atoms with E-state index in [0.29, 0.717) is 12.4 Å². The fourth-order valence-corrected chi connectivity index (χ4v) is 1.40. The smallest absolute Gasteiger partial charge is 0.341 e. The van der Waals surface area contributed by atoms with E-state index < -0.39 is 5.97 Å². The Morgan fingerprint density at radius 1 is 1.57 bits per heavy atom. The largest absolute Gasteiger partial charge is 0.493 e. The summed E-state index contributed by atoms with van der Waals surface area (Å²) in [6.45, 7) is 0.386. The van der Waals surface area contributed by atoms with E-state index in [-0.39, 0.29) is 6.61 Å². The highest BCUT2D eigenvalue weighted by molar-refractivity contribution is 5.68. The fourth-order valence-electron chi connectivity index (χ4n) is 1.40. The molecule has 1 aliphatic heterocycles. The van der Waals surface area contributed by atoms with Crippen molar-refractivity contribution >= 4 is 5.97 Å². The van der Waals surface area contributed by atoms with Gasteiger partial charge in [-0.1, -0.05) is 0 Å². The molecule has 1 aromatic rings. The minimum absolute atomic E-state index is 0.306. The lowest BCUT2D eigenvalue weighted by Crippen LogP contribution is -2.09. The average Bonchev–Trinajstić information content (AvgIpc) is 2.61. The highest BCUT2D eigenvalue weighted by Gasteiger charge is 2.12. The van der Waals surface area contributed by atoms with Crippen molar-refractivity contribution in [2.24, 2.45) is 0 Å². The molecule has 74 valence electrons. The highest BCUT2D eigenvalue weighted by atomic mass is 16.5. The fraction of sp³-hybridized carbons (Fsp3) is 0.300. The van der Waals surface area contributed by atoms with Crippen LogP contribution in [-0.2, 0) is 11.2 Å². The van der Waals surface area contributed by atoms with Crippen LogP contribution in [-0.4, -0.2) is 24.3 Å². The maximum atomic E-state index is 10.3. The molecule has 0 saturated carbocycles. The van der Waals surface area contributed by atoms with E-state index in [9.17, 15) is 4.79 Å². The molecule has 0 aliphatic carbocycles. The van der Waals surface area contributed by atoms with E-state index in [1.807, 2.05) is 6.07 Å². The third-order valence-electron chi connectivity index (χ3n) is 2.02. The Bertz CT molecular complexity index is 359. The summed E-state index contributed by atoms with van der Waals surface area (Å²) < 4.78 is 10.3. The van der Waals surface area contributed by atoms with Crippen molar-refractivity contribution in [1.29, 1.82) is 0 Å². The Labute approximate surface area is 81.1 Å². The summed E-state index contributed by atoms with van der Waals surface area (Å²) in [5.74, 6) is 0.478. The van der Waals surface area contributed by atoms with Gasteiger partial charge < -0.3 is 14.6 Å². The molecule has 4 nitrogen and oxygen atoms in total. The SMILES string of the molecule is O=C(O)COc1ccc2c(c1)CCO2. The van der Waals surface area contributed by atoms with Gasteiger partial charge in [-0.3, -0.25) is 0 Å². The first-order chi connectivity index (χ1) is 6.75. The van der Waals surface area contributed by atoms with E-state index in [0.717, 1.165) is 17.7 Å². The van der Waals surface area contributed by atoms with E-state index in [4.69, 9.17) is 14.6 Å². The van der Waals surface area contributed by atoms with E-state index in [1.54, 1.807) is 12.1 Å². The second kappa shape index (κ2) is 3.57. The lowest BCUT2D eigenvalue weighted by atomic mass is 10.2. The zero-order valence-electron chi connectivity index (χ0n) is 7.53. The van der Waals surface area contributed by atoms with Gasteiger partial charge in [-0.15, -0.1) is 0 Å². The van der Waals surface area contributed by atoms with Crippen LogP contribution in [0.15, 0.2) is 18.2 Å². The summed E-state index contributed by atoms with van der Waals surface area (Å²) in [6, 6.07) is 5.35. The molecule has 0 bridgehead atoms. The predicted molar refractivity (Wildman–Crippen MR) is 48.8 cm³/mol. The maximum Gasteiger partial charge on any atom is 0.341 e.